The minimum absolute atomic E-state index is 0.196. The fourth-order valence-electron chi connectivity index (χ4n) is 5.43. The maximum Gasteiger partial charge on any atom is 0.260 e. The Hall–Kier alpha value is -4.53. The van der Waals surface area contributed by atoms with E-state index in [1.54, 1.807) is 26.4 Å². The first-order valence-electron chi connectivity index (χ1n) is 13.1. The summed E-state index contributed by atoms with van der Waals surface area (Å²) in [4.78, 5) is 6.97. The van der Waals surface area contributed by atoms with Crippen LogP contribution in [0, 0.1) is 0 Å². The van der Waals surface area contributed by atoms with E-state index in [-0.39, 0.29) is 17.7 Å². The van der Waals surface area contributed by atoms with Crippen molar-refractivity contribution >= 4 is 23.3 Å². The zero-order valence-electron chi connectivity index (χ0n) is 22.9. The normalized spacial score (nSPS) is 18.3. The van der Waals surface area contributed by atoms with Gasteiger partial charge in [-0.25, -0.2) is 0 Å². The second-order valence-electron chi connectivity index (χ2n) is 9.92. The largest absolute Gasteiger partial charge is 0.496 e. The molecule has 0 radical (unpaired) electrons. The number of benzene rings is 3. The van der Waals surface area contributed by atoms with Crippen LogP contribution in [0.2, 0.25) is 5.02 Å². The van der Waals surface area contributed by atoms with Crippen molar-refractivity contribution in [1.82, 2.24) is 15.0 Å². The number of para-hydroxylation sites is 2. The number of nitrogens with two attached hydrogens (primary N) is 1. The van der Waals surface area contributed by atoms with Crippen molar-refractivity contribution in [3.05, 3.63) is 118 Å². The standard InChI is InChI=1S/C32H29ClN4O4/c1-37-17-21(16-20-8-4-6-10-25(20)38-2)29-24(18-37)27(23-9-5-7-11-26(23)39-3)28(30(34)40-29)32-35-31(36-41-32)19-12-14-22(33)15-13-19/h4-16,27H,17-18,34H2,1-3H3/b21-16+. The number of likely N-dealkylation sites (N-methyl/N-ethyl adjacent to an activating group) is 1. The predicted octanol–water partition coefficient (Wildman–Crippen LogP) is 6.13. The summed E-state index contributed by atoms with van der Waals surface area (Å²) in [6.45, 7) is 1.30. The maximum absolute atomic E-state index is 6.72. The van der Waals surface area contributed by atoms with Crippen molar-refractivity contribution < 1.29 is 18.7 Å². The molecule has 4 aromatic rings. The number of hydrogen-bond donors (Lipinski definition) is 1. The summed E-state index contributed by atoms with van der Waals surface area (Å²) >= 11 is 6.08. The predicted molar refractivity (Wildman–Crippen MR) is 158 cm³/mol. The number of allylic oxidation sites excluding steroid dienone is 1. The van der Waals surface area contributed by atoms with Gasteiger partial charge in [-0.05, 0) is 55.1 Å². The highest BCUT2D eigenvalue weighted by Crippen LogP contribution is 2.49. The van der Waals surface area contributed by atoms with Gasteiger partial charge in [-0.15, -0.1) is 0 Å². The van der Waals surface area contributed by atoms with Gasteiger partial charge >= 0.3 is 0 Å². The van der Waals surface area contributed by atoms with Gasteiger partial charge in [0, 0.05) is 46.3 Å². The highest BCUT2D eigenvalue weighted by molar-refractivity contribution is 6.30. The molecule has 0 bridgehead atoms. The number of hydrogen-bond acceptors (Lipinski definition) is 8. The Labute approximate surface area is 243 Å². The first kappa shape index (κ1) is 26.7. The third-order valence-corrected chi connectivity index (χ3v) is 7.51. The first-order valence-corrected chi connectivity index (χ1v) is 13.5. The topological polar surface area (TPSA) is 95.9 Å². The van der Waals surface area contributed by atoms with Crippen molar-refractivity contribution in [3.63, 3.8) is 0 Å². The Bertz CT molecular complexity index is 1690. The van der Waals surface area contributed by atoms with Gasteiger partial charge in [-0.3, -0.25) is 4.90 Å². The molecule has 2 aliphatic heterocycles. The minimum Gasteiger partial charge on any atom is -0.496 e. The number of methoxy groups -OCH3 is 2. The van der Waals surface area contributed by atoms with Gasteiger partial charge in [-0.1, -0.05) is 53.2 Å². The van der Waals surface area contributed by atoms with Crippen LogP contribution in [0.3, 0.4) is 0 Å². The molecule has 3 heterocycles. The lowest BCUT2D eigenvalue weighted by molar-refractivity contribution is 0.255. The monoisotopic (exact) mass is 568 g/mol. The minimum atomic E-state index is -0.364. The van der Waals surface area contributed by atoms with Gasteiger partial charge in [-0.2, -0.15) is 4.98 Å². The summed E-state index contributed by atoms with van der Waals surface area (Å²) in [6.07, 6.45) is 2.09. The fourth-order valence-corrected chi connectivity index (χ4v) is 5.56. The lowest BCUT2D eigenvalue weighted by Gasteiger charge is -2.37. The lowest BCUT2D eigenvalue weighted by atomic mass is 9.79. The average Bonchev–Trinajstić information content (AvgIpc) is 3.47. The molecule has 2 N–H and O–H groups in total. The smallest absolute Gasteiger partial charge is 0.260 e. The van der Waals surface area contributed by atoms with Crippen LogP contribution in [0.1, 0.15) is 22.9 Å². The van der Waals surface area contributed by atoms with Gasteiger partial charge in [0.15, 0.2) is 0 Å². The molecule has 1 unspecified atom stereocenters. The van der Waals surface area contributed by atoms with Gasteiger partial charge in [0.2, 0.25) is 11.7 Å². The second kappa shape index (κ2) is 11.2. The van der Waals surface area contributed by atoms with E-state index < -0.39 is 0 Å². The second-order valence-corrected chi connectivity index (χ2v) is 10.4. The van der Waals surface area contributed by atoms with Gasteiger partial charge in [0.05, 0.1) is 19.8 Å². The van der Waals surface area contributed by atoms with Crippen LogP contribution in [0.5, 0.6) is 11.5 Å². The molecule has 1 atom stereocenters. The van der Waals surface area contributed by atoms with Crippen LogP contribution >= 0.6 is 11.6 Å². The molecule has 8 nitrogen and oxygen atoms in total. The van der Waals surface area contributed by atoms with E-state index >= 15 is 0 Å². The van der Waals surface area contributed by atoms with E-state index in [4.69, 9.17) is 41.1 Å². The molecule has 0 fully saturated rings. The highest BCUT2D eigenvalue weighted by Gasteiger charge is 2.40. The third-order valence-electron chi connectivity index (χ3n) is 7.26. The van der Waals surface area contributed by atoms with Crippen LogP contribution < -0.4 is 15.2 Å². The first-order chi connectivity index (χ1) is 20.0. The van der Waals surface area contributed by atoms with Gasteiger partial charge in [0.25, 0.3) is 5.89 Å². The zero-order valence-corrected chi connectivity index (χ0v) is 23.7. The number of halogens is 1. The molecule has 0 spiro atoms. The van der Waals surface area contributed by atoms with E-state index in [0.717, 1.165) is 45.1 Å². The molecule has 3 aromatic carbocycles. The van der Waals surface area contributed by atoms with Crippen LogP contribution in [-0.2, 0) is 4.74 Å². The summed E-state index contributed by atoms with van der Waals surface area (Å²) < 4.78 is 23.7. The Morgan fingerprint density at radius 1 is 0.951 bits per heavy atom. The van der Waals surface area contributed by atoms with E-state index in [9.17, 15) is 0 Å². The average molecular weight is 569 g/mol. The summed E-state index contributed by atoms with van der Waals surface area (Å²) in [7, 11) is 5.40. The van der Waals surface area contributed by atoms with Crippen molar-refractivity contribution in [2.24, 2.45) is 5.73 Å². The number of nitrogens with zero attached hydrogens (tertiary/aromatic N) is 3. The SMILES string of the molecule is COc1ccccc1/C=C1\CN(C)CC2=C1OC(N)=C(c1nc(-c3ccc(Cl)cc3)no1)C2c1ccccc1OC. The summed E-state index contributed by atoms with van der Waals surface area (Å²) in [5, 5.41) is 4.87. The van der Waals surface area contributed by atoms with Crippen LogP contribution in [0.4, 0.5) is 0 Å². The molecule has 0 aliphatic carbocycles. The zero-order chi connectivity index (χ0) is 28.5. The summed E-state index contributed by atoms with van der Waals surface area (Å²) in [5.74, 6) is 2.75. The molecule has 41 heavy (non-hydrogen) atoms. The fraction of sp³-hybridized carbons (Fsp3) is 0.188. The molecule has 6 rings (SSSR count). The van der Waals surface area contributed by atoms with E-state index in [1.165, 1.54) is 0 Å². The lowest BCUT2D eigenvalue weighted by Crippen LogP contribution is -2.36. The van der Waals surface area contributed by atoms with Crippen molar-refractivity contribution in [1.29, 1.82) is 0 Å². The van der Waals surface area contributed by atoms with Crippen LogP contribution in [-0.4, -0.2) is 49.4 Å². The molecule has 9 heteroatoms. The quantitative estimate of drug-likeness (QED) is 0.297. The maximum atomic E-state index is 6.72. The van der Waals surface area contributed by atoms with Crippen molar-refractivity contribution in [2.45, 2.75) is 5.92 Å². The molecular formula is C32H29ClN4O4. The molecule has 1 aromatic heterocycles. The molecule has 0 amide bonds. The molecule has 0 saturated heterocycles. The van der Waals surface area contributed by atoms with Crippen molar-refractivity contribution in [2.75, 3.05) is 34.4 Å². The molecular weight excluding hydrogens is 540 g/mol. The summed E-state index contributed by atoms with van der Waals surface area (Å²) in [6, 6.07) is 23.0. The Morgan fingerprint density at radius 3 is 2.41 bits per heavy atom. The van der Waals surface area contributed by atoms with Crippen LogP contribution in [0.15, 0.2) is 100 Å². The molecule has 208 valence electrons. The highest BCUT2D eigenvalue weighted by atomic mass is 35.5. The number of ether oxygens (including phenoxy) is 3. The Kier molecular flexibility index (Phi) is 7.26. The van der Waals surface area contributed by atoms with E-state index in [1.807, 2.05) is 60.7 Å². The summed E-state index contributed by atoms with van der Waals surface area (Å²) in [5.41, 5.74) is 11.9. The van der Waals surface area contributed by atoms with Gasteiger partial charge < -0.3 is 24.5 Å². The van der Waals surface area contributed by atoms with Crippen LogP contribution in [0.25, 0.3) is 23.0 Å². The van der Waals surface area contributed by atoms with E-state index in [2.05, 4.69) is 23.2 Å². The number of aromatic nitrogens is 2. The molecule has 2 aliphatic rings. The Morgan fingerprint density at radius 2 is 1.66 bits per heavy atom. The van der Waals surface area contributed by atoms with E-state index in [0.29, 0.717) is 29.5 Å². The van der Waals surface area contributed by atoms with Crippen molar-refractivity contribution in [3.8, 4) is 22.9 Å². The van der Waals surface area contributed by atoms with Gasteiger partial charge in [0.1, 0.15) is 17.3 Å². The number of rotatable bonds is 6. The third kappa shape index (κ3) is 5.08. The Balaban J connectivity index is 1.52. The molecule has 0 saturated carbocycles.